The summed E-state index contributed by atoms with van der Waals surface area (Å²) in [5.74, 6) is 3.16. The summed E-state index contributed by atoms with van der Waals surface area (Å²) in [5.41, 5.74) is 13.2. The number of nitrogens with one attached hydrogen (secondary N) is 1. The van der Waals surface area contributed by atoms with Gasteiger partial charge < -0.3 is 25.7 Å². The first-order valence-corrected chi connectivity index (χ1v) is 32.4. The largest absolute Gasteiger partial charge is 0.444 e. The van der Waals surface area contributed by atoms with Crippen LogP contribution in [0.25, 0.3) is 0 Å². The summed E-state index contributed by atoms with van der Waals surface area (Å²) in [6.45, 7) is 24.2. The van der Waals surface area contributed by atoms with Gasteiger partial charge in [0.1, 0.15) is 16.8 Å². The van der Waals surface area contributed by atoms with Gasteiger partial charge in [0.2, 0.25) is 0 Å². The summed E-state index contributed by atoms with van der Waals surface area (Å²) in [6, 6.07) is 31.9. The highest BCUT2D eigenvalue weighted by Crippen LogP contribution is 2.40. The van der Waals surface area contributed by atoms with Gasteiger partial charge >= 0.3 is 18.3 Å². The van der Waals surface area contributed by atoms with E-state index in [0.717, 1.165) is 72.2 Å². The lowest BCUT2D eigenvalue weighted by Crippen LogP contribution is -2.47. The Morgan fingerprint density at radius 3 is 1.56 bits per heavy atom. The molecule has 4 atom stereocenters. The SMILES string of the molecule is CC(C)(C)OC(=O)N(C(=O)OC(C)(C)C)C1=N[C@](C)(c2cccc(Br)c2)CCS1.CC(C)(C)OC(=O)NC1=N[C@](C)(c2cccc(N)c2)CCS1.C[C@@](CCCl)(N=C=S)c1cccc(Br)c1.C[C@@]1(c2cccc(Br)c2)CCSC(N)=N1. The number of isothiocyanates is 1. The number of amidine groups is 3. The van der Waals surface area contributed by atoms with E-state index in [2.05, 4.69) is 106 Å². The third-order valence-electron chi connectivity index (χ3n) is 12.2. The topological polar surface area (TPSA) is 196 Å². The first-order chi connectivity index (χ1) is 37.6. The van der Waals surface area contributed by atoms with Crippen LogP contribution < -0.4 is 16.8 Å². The smallest absolute Gasteiger partial charge is 0.426 e. The van der Waals surface area contributed by atoms with Crippen LogP contribution in [0.1, 0.15) is 138 Å². The number of aliphatic imine (C=N–C) groups is 4. The number of alkyl carbamates (subject to hydrolysis) is 1. The molecule has 0 unspecified atom stereocenters. The number of nitrogen functional groups attached to an aromatic ring is 1. The summed E-state index contributed by atoms with van der Waals surface area (Å²) in [6.07, 6.45) is 1.38. The normalized spacial score (nSPS) is 20.5. The van der Waals surface area contributed by atoms with Crippen molar-refractivity contribution in [1.29, 1.82) is 0 Å². The van der Waals surface area contributed by atoms with Gasteiger partial charge in [0.25, 0.3) is 0 Å². The second-order valence-corrected chi connectivity index (χ2v) is 29.4. The number of carbonyl (C=O) groups excluding carboxylic acids is 3. The molecule has 0 saturated heterocycles. The van der Waals surface area contributed by atoms with E-state index in [1.165, 1.54) is 29.1 Å². The Kier molecular flexibility index (Phi) is 26.0. The van der Waals surface area contributed by atoms with Crippen LogP contribution in [0.3, 0.4) is 0 Å². The second kappa shape index (κ2) is 30.2. The minimum absolute atomic E-state index is 0.154. The van der Waals surface area contributed by atoms with Crippen LogP contribution in [0.2, 0.25) is 0 Å². The number of nitrogens with two attached hydrogens (primary N) is 2. The first-order valence-electron chi connectivity index (χ1n) is 26.1. The van der Waals surface area contributed by atoms with Gasteiger partial charge in [-0.3, -0.25) is 20.3 Å². The van der Waals surface area contributed by atoms with E-state index < -0.39 is 40.6 Å². The molecule has 0 aliphatic carbocycles. The van der Waals surface area contributed by atoms with Crippen molar-refractivity contribution in [3.05, 3.63) is 133 Å². The van der Waals surface area contributed by atoms with Crippen LogP contribution in [0.4, 0.5) is 20.1 Å². The van der Waals surface area contributed by atoms with Crippen molar-refractivity contribution in [2.45, 2.75) is 155 Å². The highest BCUT2D eigenvalue weighted by molar-refractivity contribution is 9.11. The van der Waals surface area contributed by atoms with Gasteiger partial charge in [0.05, 0.1) is 27.3 Å². The Balaban J connectivity index is 0.000000241. The van der Waals surface area contributed by atoms with Crippen LogP contribution in [0, 0.1) is 0 Å². The Morgan fingerprint density at radius 2 is 1.10 bits per heavy atom. The van der Waals surface area contributed by atoms with Gasteiger partial charge in [-0.15, -0.1) is 11.6 Å². The molecule has 14 nitrogen and oxygen atoms in total. The quantitative estimate of drug-likeness (QED) is 0.0522. The van der Waals surface area contributed by atoms with Crippen molar-refractivity contribution in [1.82, 2.24) is 10.2 Å². The second-order valence-electron chi connectivity index (χ2n) is 22.9. The molecule has 81 heavy (non-hydrogen) atoms. The van der Waals surface area contributed by atoms with E-state index in [4.69, 9.17) is 47.3 Å². The molecule has 4 aromatic carbocycles. The molecule has 3 heterocycles. The molecule has 3 amide bonds. The number of thiocarbonyl (C=S) groups is 1. The van der Waals surface area contributed by atoms with Gasteiger partial charge in [0.15, 0.2) is 15.5 Å². The Bertz CT molecular complexity index is 2960. The molecule has 3 aliphatic heterocycles. The third-order valence-corrected chi connectivity index (χ3v) is 16.6. The number of ether oxygens (including phenoxy) is 3. The molecule has 5 N–H and O–H groups in total. The number of rotatable bonds is 7. The predicted octanol–water partition coefficient (Wildman–Crippen LogP) is 17.3. The van der Waals surface area contributed by atoms with Gasteiger partial charge in [-0.1, -0.05) is 132 Å². The summed E-state index contributed by atoms with van der Waals surface area (Å²) >= 11 is 25.4. The molecule has 440 valence electrons. The van der Waals surface area contributed by atoms with Crippen molar-refractivity contribution in [3.63, 3.8) is 0 Å². The maximum absolute atomic E-state index is 12.9. The van der Waals surface area contributed by atoms with E-state index in [1.807, 2.05) is 120 Å². The zero-order valence-electron chi connectivity index (χ0n) is 48.4. The van der Waals surface area contributed by atoms with E-state index in [9.17, 15) is 14.4 Å². The minimum Gasteiger partial charge on any atom is -0.444 e. The van der Waals surface area contributed by atoms with Crippen LogP contribution in [0.15, 0.2) is 130 Å². The fourth-order valence-electron chi connectivity index (χ4n) is 7.92. The zero-order valence-corrected chi connectivity index (χ0v) is 57.2. The standard InChI is InChI=1S/C21H29BrN2O4S.C16H23N3O2S.C11H11BrClNS.C11H13BrN2S/c1-19(2,3)27-17(25)24(18(26)28-20(4,5)6)16-23-21(7,11-12-29-16)14-9-8-10-15(22)13-14;1-15(2,3)21-14(20)18-13-19-16(4,8-9-22-13)11-6-5-7-12(17)10-11;1-11(5-6-13,14-8-15)9-3-2-4-10(12)7-9;1-11(5-6-15-10(13)14-11)8-3-2-4-9(12)7-8/h8-10,13H,11-12H2,1-7H3;5-7,10H,8-9,17H2,1-4H3,(H,18,19,20);2-4,7H,5-6H2,1H3;2-4,7H,5-6H2,1H3,(H2,13,14)/t21-;16-;2*11-/m0000/s1. The van der Waals surface area contributed by atoms with Crippen molar-refractivity contribution >= 4 is 152 Å². The van der Waals surface area contributed by atoms with Gasteiger partial charge in [-0.05, 0) is 199 Å². The molecule has 22 heteroatoms. The fraction of sp³-hybridized carbons (Fsp3) is 0.475. The molecule has 0 radical (unpaired) electrons. The number of carbonyl (C=O) groups is 3. The number of halogens is 4. The highest BCUT2D eigenvalue weighted by Gasteiger charge is 2.40. The Labute approximate surface area is 527 Å². The molecular weight excluding hydrogens is 1320 g/mol. The third kappa shape index (κ3) is 22.9. The summed E-state index contributed by atoms with van der Waals surface area (Å²) in [4.78, 5) is 56.9. The first kappa shape index (κ1) is 69.6. The molecule has 0 spiro atoms. The number of thioether (sulfide) groups is 3. The summed E-state index contributed by atoms with van der Waals surface area (Å²) < 4.78 is 19.3. The van der Waals surface area contributed by atoms with E-state index in [-0.39, 0.29) is 21.8 Å². The average molecular weight is 1400 g/mol. The molecule has 0 bridgehead atoms. The van der Waals surface area contributed by atoms with E-state index in [1.54, 1.807) is 53.3 Å². The lowest BCUT2D eigenvalue weighted by molar-refractivity contribution is 0.0150. The predicted molar refractivity (Wildman–Crippen MR) is 354 cm³/mol. The summed E-state index contributed by atoms with van der Waals surface area (Å²) in [7, 11) is 0. The fourth-order valence-corrected chi connectivity index (χ4v) is 13.0. The number of hydrogen-bond acceptors (Lipinski definition) is 16. The number of anilines is 1. The molecule has 0 saturated carbocycles. The number of hydrogen-bond donors (Lipinski definition) is 3. The minimum atomic E-state index is -0.795. The highest BCUT2D eigenvalue weighted by atomic mass is 79.9. The lowest BCUT2D eigenvalue weighted by atomic mass is 9.89. The van der Waals surface area contributed by atoms with Crippen molar-refractivity contribution in [2.24, 2.45) is 25.7 Å². The zero-order chi connectivity index (χ0) is 60.6. The number of benzene rings is 4. The van der Waals surface area contributed by atoms with E-state index >= 15 is 0 Å². The molecule has 7 rings (SSSR count). The Morgan fingerprint density at radius 1 is 0.654 bits per heavy atom. The van der Waals surface area contributed by atoms with Crippen LogP contribution >= 0.6 is 107 Å². The van der Waals surface area contributed by atoms with Gasteiger partial charge in [-0.2, -0.15) is 4.90 Å². The maximum Gasteiger partial charge on any atom is 0.426 e. The number of alkyl halides is 1. The van der Waals surface area contributed by atoms with Crippen LogP contribution in [-0.2, 0) is 36.4 Å². The molecule has 0 aromatic heterocycles. The molecule has 4 aromatic rings. The van der Waals surface area contributed by atoms with Crippen LogP contribution in [0.5, 0.6) is 0 Å². The van der Waals surface area contributed by atoms with Crippen LogP contribution in [-0.4, -0.2) is 83.8 Å². The van der Waals surface area contributed by atoms with Crippen molar-refractivity contribution < 1.29 is 28.6 Å². The number of imide groups is 1. The molecular formula is C59H76Br3ClN8O6S4. The van der Waals surface area contributed by atoms with Crippen molar-refractivity contribution in [2.75, 3.05) is 28.9 Å². The molecule has 0 fully saturated rings. The number of amides is 3. The monoisotopic (exact) mass is 1390 g/mol. The molecule has 3 aliphatic rings. The lowest BCUT2D eigenvalue weighted by Gasteiger charge is -2.34. The number of nitrogens with zero attached hydrogens (tertiary/aromatic N) is 5. The van der Waals surface area contributed by atoms with Gasteiger partial charge in [-0.25, -0.2) is 19.4 Å². The Hall–Kier alpha value is -3.92. The maximum atomic E-state index is 12.9. The summed E-state index contributed by atoms with van der Waals surface area (Å²) in [5, 5.41) is 6.75. The van der Waals surface area contributed by atoms with Gasteiger partial charge in [0, 0.05) is 42.2 Å². The van der Waals surface area contributed by atoms with E-state index in [0.29, 0.717) is 27.7 Å². The van der Waals surface area contributed by atoms with Crippen molar-refractivity contribution in [3.8, 4) is 0 Å². The average Bonchev–Trinajstić information content (AvgIpc) is 3.35.